The number of anilines is 1. The van der Waals surface area contributed by atoms with Gasteiger partial charge >= 0.3 is 0 Å². The van der Waals surface area contributed by atoms with Gasteiger partial charge in [-0.05, 0) is 42.5 Å². The molecule has 4 rings (SSSR count). The summed E-state index contributed by atoms with van der Waals surface area (Å²) in [6.07, 6.45) is 0. The van der Waals surface area contributed by atoms with Gasteiger partial charge in [-0.25, -0.2) is 0 Å². The number of halogens is 1. The molecule has 0 aliphatic carbocycles. The summed E-state index contributed by atoms with van der Waals surface area (Å²) in [6.45, 7) is 1.36. The van der Waals surface area contributed by atoms with Crippen LogP contribution in [0.25, 0.3) is 10.9 Å². The second-order valence-electron chi connectivity index (χ2n) is 6.79. The molecule has 0 saturated carbocycles. The molecule has 0 saturated heterocycles. The van der Waals surface area contributed by atoms with Gasteiger partial charge in [0.2, 0.25) is 0 Å². The zero-order valence-corrected chi connectivity index (χ0v) is 17.6. The number of aliphatic hydroxyl groups is 1. The zero-order chi connectivity index (χ0) is 21.1. The molecule has 0 radical (unpaired) electrons. The summed E-state index contributed by atoms with van der Waals surface area (Å²) in [7, 11) is 0. The maximum atomic E-state index is 12.7. The number of aliphatic hydroxyl groups excluding tert-OH is 1. The van der Waals surface area contributed by atoms with E-state index in [2.05, 4.69) is 10.3 Å². The van der Waals surface area contributed by atoms with Crippen LogP contribution in [0.3, 0.4) is 0 Å². The predicted molar refractivity (Wildman–Crippen MR) is 121 cm³/mol. The van der Waals surface area contributed by atoms with Gasteiger partial charge in [-0.1, -0.05) is 17.7 Å². The Kier molecular flexibility index (Phi) is 6.08. The van der Waals surface area contributed by atoms with E-state index < -0.39 is 0 Å². The monoisotopic (exact) mass is 445 g/mol. The molecule has 1 aromatic heterocycles. The van der Waals surface area contributed by atoms with Crippen molar-refractivity contribution >= 4 is 45.5 Å². The smallest absolute Gasteiger partial charge is 0.253 e. The van der Waals surface area contributed by atoms with Crippen molar-refractivity contribution in [3.05, 3.63) is 63.4 Å². The number of nitrogens with one attached hydrogen (secondary N) is 2. The number of hydrogen-bond donors (Lipinski definition) is 3. The lowest BCUT2D eigenvalue weighted by molar-refractivity contribution is 0.172. The van der Waals surface area contributed by atoms with Crippen LogP contribution in [0.15, 0.2) is 47.3 Å². The third-order valence-electron chi connectivity index (χ3n) is 4.68. The molecule has 3 aromatic rings. The van der Waals surface area contributed by atoms with Crippen LogP contribution in [0.2, 0.25) is 5.02 Å². The lowest BCUT2D eigenvalue weighted by atomic mass is 10.1. The lowest BCUT2D eigenvalue weighted by Gasteiger charge is -2.25. The molecular weight excluding hydrogens is 426 g/mol. The number of thiocarbonyl (C=S) groups is 1. The van der Waals surface area contributed by atoms with Gasteiger partial charge in [-0.2, -0.15) is 0 Å². The fourth-order valence-electron chi connectivity index (χ4n) is 3.25. The molecule has 7 nitrogen and oxygen atoms in total. The minimum atomic E-state index is -0.229. The molecule has 0 bridgehead atoms. The van der Waals surface area contributed by atoms with E-state index in [1.165, 1.54) is 0 Å². The van der Waals surface area contributed by atoms with E-state index in [9.17, 15) is 9.90 Å². The van der Waals surface area contributed by atoms with Crippen molar-refractivity contribution in [2.24, 2.45) is 0 Å². The van der Waals surface area contributed by atoms with Crippen LogP contribution in [0.5, 0.6) is 11.5 Å². The average Bonchev–Trinajstić information content (AvgIpc) is 2.72. The van der Waals surface area contributed by atoms with E-state index >= 15 is 0 Å². The molecule has 156 valence electrons. The van der Waals surface area contributed by atoms with Crippen LogP contribution in [-0.4, -0.2) is 46.5 Å². The number of fused-ring (bicyclic) bond motifs is 2. The Balaban J connectivity index is 1.60. The number of rotatable bonds is 5. The van der Waals surface area contributed by atoms with Crippen LogP contribution in [0.1, 0.15) is 5.56 Å². The lowest BCUT2D eigenvalue weighted by Crippen LogP contribution is -2.37. The van der Waals surface area contributed by atoms with Gasteiger partial charge in [0.15, 0.2) is 16.6 Å². The van der Waals surface area contributed by atoms with E-state index in [-0.39, 0.29) is 25.3 Å². The van der Waals surface area contributed by atoms with Gasteiger partial charge in [0.1, 0.15) is 13.2 Å². The maximum Gasteiger partial charge on any atom is 0.253 e. The highest BCUT2D eigenvalue weighted by Gasteiger charge is 2.16. The number of H-pyrrole nitrogens is 1. The number of pyridine rings is 1. The van der Waals surface area contributed by atoms with Gasteiger partial charge in [-0.3, -0.25) is 4.79 Å². The summed E-state index contributed by atoms with van der Waals surface area (Å²) < 4.78 is 11.2. The topological polar surface area (TPSA) is 86.8 Å². The fourth-order valence-corrected chi connectivity index (χ4v) is 3.72. The van der Waals surface area contributed by atoms with Gasteiger partial charge in [0.25, 0.3) is 5.56 Å². The van der Waals surface area contributed by atoms with Crippen molar-refractivity contribution in [2.45, 2.75) is 6.54 Å². The highest BCUT2D eigenvalue weighted by Crippen LogP contribution is 2.33. The normalized spacial score (nSPS) is 12.6. The third kappa shape index (κ3) is 4.51. The van der Waals surface area contributed by atoms with Crippen molar-refractivity contribution in [3.63, 3.8) is 0 Å². The van der Waals surface area contributed by atoms with Crippen molar-refractivity contribution < 1.29 is 14.6 Å². The Hall–Kier alpha value is -2.81. The molecule has 1 aliphatic rings. The average molecular weight is 446 g/mol. The van der Waals surface area contributed by atoms with Crippen LogP contribution in [-0.2, 0) is 6.54 Å². The Morgan fingerprint density at radius 2 is 1.97 bits per heavy atom. The van der Waals surface area contributed by atoms with E-state index in [0.717, 1.165) is 11.1 Å². The summed E-state index contributed by atoms with van der Waals surface area (Å²) in [5.41, 5.74) is 1.68. The van der Waals surface area contributed by atoms with Gasteiger partial charge < -0.3 is 29.8 Å². The Bertz CT molecular complexity index is 1150. The maximum absolute atomic E-state index is 12.7. The van der Waals surface area contributed by atoms with Crippen LogP contribution < -0.4 is 20.3 Å². The Morgan fingerprint density at radius 3 is 2.70 bits per heavy atom. The van der Waals surface area contributed by atoms with E-state index in [1.807, 2.05) is 18.2 Å². The van der Waals surface area contributed by atoms with E-state index in [4.69, 9.17) is 33.3 Å². The Labute approximate surface area is 183 Å². The number of hydrogen-bond acceptors (Lipinski definition) is 5. The quantitative estimate of drug-likeness (QED) is 0.520. The molecule has 2 heterocycles. The van der Waals surface area contributed by atoms with Gasteiger partial charge in [0.05, 0.1) is 18.7 Å². The third-order valence-corrected chi connectivity index (χ3v) is 5.27. The zero-order valence-electron chi connectivity index (χ0n) is 16.0. The number of ether oxygens (including phenoxy) is 2. The molecule has 0 fully saturated rings. The predicted octanol–water partition coefficient (Wildman–Crippen LogP) is 3.14. The van der Waals surface area contributed by atoms with Gasteiger partial charge in [0, 0.05) is 34.3 Å². The first-order chi connectivity index (χ1) is 14.5. The van der Waals surface area contributed by atoms with Crippen LogP contribution >= 0.6 is 23.8 Å². The summed E-state index contributed by atoms with van der Waals surface area (Å²) in [5, 5.41) is 14.4. The molecule has 1 aliphatic heterocycles. The van der Waals surface area contributed by atoms with E-state index in [0.29, 0.717) is 45.9 Å². The SMILES string of the molecule is O=c1[nH]c2cc3c(cc2cc1CN(CCO)C(=S)Nc1cccc(Cl)c1)OCCO3. The summed E-state index contributed by atoms with van der Waals surface area (Å²) in [5.74, 6) is 1.27. The first-order valence-electron chi connectivity index (χ1n) is 9.41. The molecule has 30 heavy (non-hydrogen) atoms. The van der Waals surface area contributed by atoms with Crippen LogP contribution in [0.4, 0.5) is 5.69 Å². The van der Waals surface area contributed by atoms with Gasteiger partial charge in [-0.15, -0.1) is 0 Å². The van der Waals surface area contributed by atoms with Crippen LogP contribution in [0, 0.1) is 0 Å². The molecule has 0 atom stereocenters. The minimum absolute atomic E-state index is 0.110. The fraction of sp³-hybridized carbons (Fsp3) is 0.238. The molecule has 0 unspecified atom stereocenters. The highest BCUT2D eigenvalue weighted by molar-refractivity contribution is 7.80. The second-order valence-corrected chi connectivity index (χ2v) is 7.62. The van der Waals surface area contributed by atoms with Crippen molar-refractivity contribution in [2.75, 3.05) is 31.7 Å². The summed E-state index contributed by atoms with van der Waals surface area (Å²) in [6, 6.07) is 12.6. The standard InChI is InChI=1S/C21H20ClN3O4S/c22-15-2-1-3-16(10-15)23-21(30)25(4-5-26)12-14-8-13-9-18-19(29-7-6-28-18)11-17(13)24-20(14)27/h1-3,8-11,26H,4-7,12H2,(H,23,30)(H,24,27). The summed E-state index contributed by atoms with van der Waals surface area (Å²) >= 11 is 11.5. The first kappa shape index (κ1) is 20.5. The number of benzene rings is 2. The first-order valence-corrected chi connectivity index (χ1v) is 10.2. The number of aromatic nitrogens is 1. The molecule has 9 heteroatoms. The largest absolute Gasteiger partial charge is 0.486 e. The molecular formula is C21H20ClN3O4S. The molecule has 2 aromatic carbocycles. The second kappa shape index (κ2) is 8.91. The van der Waals surface area contributed by atoms with E-state index in [1.54, 1.807) is 29.2 Å². The number of nitrogens with zero attached hydrogens (tertiary/aromatic N) is 1. The molecule has 0 amide bonds. The van der Waals surface area contributed by atoms with Crippen molar-refractivity contribution in [1.29, 1.82) is 0 Å². The summed E-state index contributed by atoms with van der Waals surface area (Å²) in [4.78, 5) is 17.3. The van der Waals surface area contributed by atoms with Crippen molar-refractivity contribution in [1.82, 2.24) is 9.88 Å². The van der Waals surface area contributed by atoms with Crippen molar-refractivity contribution in [3.8, 4) is 11.5 Å². The number of aromatic amines is 1. The molecule has 3 N–H and O–H groups in total. The molecule has 0 spiro atoms. The Morgan fingerprint density at radius 1 is 1.20 bits per heavy atom. The highest BCUT2D eigenvalue weighted by atomic mass is 35.5. The minimum Gasteiger partial charge on any atom is -0.486 e.